The number of thioether (sulfide) groups is 1. The summed E-state index contributed by atoms with van der Waals surface area (Å²) >= 11 is 1.23. The van der Waals surface area contributed by atoms with Crippen molar-refractivity contribution < 1.29 is 9.15 Å². The molecule has 98 valence electrons. The Labute approximate surface area is 115 Å². The minimum atomic E-state index is -0.216. The van der Waals surface area contributed by atoms with Crippen molar-refractivity contribution in [3.05, 3.63) is 35.7 Å². The molecule has 1 atom stereocenters. The highest BCUT2D eigenvalue weighted by atomic mass is 32.2. The fourth-order valence-corrected chi connectivity index (χ4v) is 1.89. The summed E-state index contributed by atoms with van der Waals surface area (Å²) in [4.78, 5) is 0. The van der Waals surface area contributed by atoms with Crippen LogP contribution in [0.2, 0.25) is 0 Å². The zero-order chi connectivity index (χ0) is 13.7. The number of hydrogen-bond donors (Lipinski definition) is 0. The quantitative estimate of drug-likeness (QED) is 0.781. The Kier molecular flexibility index (Phi) is 4.42. The van der Waals surface area contributed by atoms with Gasteiger partial charge in [0, 0.05) is 0 Å². The first kappa shape index (κ1) is 13.4. The lowest BCUT2D eigenvalue weighted by molar-refractivity contribution is 0.252. The highest BCUT2D eigenvalue weighted by molar-refractivity contribution is 7.99. The van der Waals surface area contributed by atoms with Gasteiger partial charge in [-0.05, 0) is 37.7 Å². The summed E-state index contributed by atoms with van der Waals surface area (Å²) in [7, 11) is 0. The van der Waals surface area contributed by atoms with E-state index in [4.69, 9.17) is 14.4 Å². The molecule has 0 saturated carbocycles. The second-order valence-corrected chi connectivity index (χ2v) is 5.24. The molecule has 5 nitrogen and oxygen atoms in total. The normalized spacial score (nSPS) is 11.8. The summed E-state index contributed by atoms with van der Waals surface area (Å²) in [5.41, 5.74) is 1.18. The maximum Gasteiger partial charge on any atom is 0.277 e. The summed E-state index contributed by atoms with van der Waals surface area (Å²) in [6, 6.07) is 9.81. The third-order valence-electron chi connectivity index (χ3n) is 2.29. The molecule has 0 amide bonds. The third kappa shape index (κ3) is 4.00. The molecule has 1 unspecified atom stereocenters. The van der Waals surface area contributed by atoms with Crippen LogP contribution in [-0.4, -0.2) is 15.4 Å². The summed E-state index contributed by atoms with van der Waals surface area (Å²) < 4.78 is 10.9. The number of nitrogens with zero attached hydrogens (tertiary/aromatic N) is 3. The third-order valence-corrected chi connectivity index (χ3v) is 3.12. The number of nitriles is 1. The molecule has 0 aliphatic heterocycles. The number of benzene rings is 1. The second-order valence-electron chi connectivity index (χ2n) is 3.95. The Balaban J connectivity index is 1.90. The molecule has 19 heavy (non-hydrogen) atoms. The second kappa shape index (κ2) is 6.25. The molecule has 0 bridgehead atoms. The van der Waals surface area contributed by atoms with Crippen LogP contribution in [-0.2, 0) is 6.61 Å². The Bertz CT molecular complexity index is 574. The molecular formula is C13H13N3O2S. The van der Waals surface area contributed by atoms with Crippen molar-refractivity contribution >= 4 is 11.8 Å². The van der Waals surface area contributed by atoms with Gasteiger partial charge < -0.3 is 9.15 Å². The summed E-state index contributed by atoms with van der Waals surface area (Å²) in [5, 5.41) is 16.6. The Morgan fingerprint density at radius 3 is 2.79 bits per heavy atom. The van der Waals surface area contributed by atoms with Crippen LogP contribution in [0.3, 0.4) is 0 Å². The first-order chi connectivity index (χ1) is 9.17. The van der Waals surface area contributed by atoms with E-state index in [0.29, 0.717) is 11.1 Å². The zero-order valence-corrected chi connectivity index (χ0v) is 11.5. The van der Waals surface area contributed by atoms with E-state index in [1.54, 1.807) is 6.92 Å². The molecule has 6 heteroatoms. The molecule has 2 rings (SSSR count). The zero-order valence-electron chi connectivity index (χ0n) is 10.7. The number of hydrogen-bond acceptors (Lipinski definition) is 6. The Morgan fingerprint density at radius 1 is 1.37 bits per heavy atom. The van der Waals surface area contributed by atoms with Crippen LogP contribution in [0, 0.1) is 18.3 Å². The first-order valence-corrected chi connectivity index (χ1v) is 6.63. The lowest BCUT2D eigenvalue weighted by atomic mass is 10.2. The summed E-state index contributed by atoms with van der Waals surface area (Å²) in [5.74, 6) is 1.15. The largest absolute Gasteiger partial charge is 0.484 e. The van der Waals surface area contributed by atoms with Crippen LogP contribution in [0.4, 0.5) is 0 Å². The number of aromatic nitrogens is 2. The molecular weight excluding hydrogens is 262 g/mol. The van der Waals surface area contributed by atoms with Crippen LogP contribution >= 0.6 is 11.8 Å². The van der Waals surface area contributed by atoms with Gasteiger partial charge in [-0.1, -0.05) is 17.7 Å². The van der Waals surface area contributed by atoms with Gasteiger partial charge in [0.25, 0.3) is 11.1 Å². The molecule has 0 saturated heterocycles. The van der Waals surface area contributed by atoms with Crippen molar-refractivity contribution in [3.8, 4) is 11.8 Å². The minimum absolute atomic E-state index is 0.216. The summed E-state index contributed by atoms with van der Waals surface area (Å²) in [6.07, 6.45) is 0. The molecule has 0 fully saturated rings. The standard InChI is InChI=1S/C13H13N3O2S/c1-9-3-5-11(6-4-9)17-8-12-15-16-13(18-12)19-10(2)7-14/h3-6,10H,8H2,1-2H3. The average molecular weight is 275 g/mol. The van der Waals surface area contributed by atoms with Crippen LogP contribution in [0.5, 0.6) is 5.75 Å². The molecule has 0 aliphatic carbocycles. The smallest absolute Gasteiger partial charge is 0.277 e. The lowest BCUT2D eigenvalue weighted by Gasteiger charge is -2.02. The van der Waals surface area contributed by atoms with Crippen LogP contribution in [0.15, 0.2) is 33.9 Å². The molecule has 1 aromatic heterocycles. The van der Waals surface area contributed by atoms with Gasteiger partial charge in [-0.25, -0.2) is 0 Å². The van der Waals surface area contributed by atoms with E-state index in [9.17, 15) is 0 Å². The van der Waals surface area contributed by atoms with Crippen LogP contribution in [0.25, 0.3) is 0 Å². The van der Waals surface area contributed by atoms with Gasteiger partial charge in [-0.2, -0.15) is 5.26 Å². The topological polar surface area (TPSA) is 71.9 Å². The maximum atomic E-state index is 8.69. The monoisotopic (exact) mass is 275 g/mol. The van der Waals surface area contributed by atoms with Crippen molar-refractivity contribution in [2.45, 2.75) is 30.9 Å². The molecule has 0 aliphatic rings. The highest BCUT2D eigenvalue weighted by Crippen LogP contribution is 2.21. The van der Waals surface area contributed by atoms with Gasteiger partial charge in [0.15, 0.2) is 6.61 Å². The van der Waals surface area contributed by atoms with E-state index in [1.807, 2.05) is 31.2 Å². The highest BCUT2D eigenvalue weighted by Gasteiger charge is 2.11. The van der Waals surface area contributed by atoms with Gasteiger partial charge in [0.1, 0.15) is 5.75 Å². The van der Waals surface area contributed by atoms with E-state index in [-0.39, 0.29) is 11.9 Å². The predicted molar refractivity (Wildman–Crippen MR) is 70.7 cm³/mol. The molecule has 2 aromatic rings. The summed E-state index contributed by atoms with van der Waals surface area (Å²) in [6.45, 7) is 4.01. The minimum Gasteiger partial charge on any atom is -0.484 e. The van der Waals surface area contributed by atoms with Gasteiger partial charge in [-0.3, -0.25) is 0 Å². The van der Waals surface area contributed by atoms with Crippen molar-refractivity contribution in [2.24, 2.45) is 0 Å². The number of rotatable bonds is 5. The van der Waals surface area contributed by atoms with E-state index >= 15 is 0 Å². The molecule has 1 heterocycles. The maximum absolute atomic E-state index is 8.69. The Hall–Kier alpha value is -2.00. The first-order valence-electron chi connectivity index (χ1n) is 5.75. The average Bonchev–Trinajstić information content (AvgIpc) is 2.85. The van der Waals surface area contributed by atoms with E-state index < -0.39 is 0 Å². The van der Waals surface area contributed by atoms with E-state index in [1.165, 1.54) is 17.3 Å². The lowest BCUT2D eigenvalue weighted by Crippen LogP contribution is -1.95. The van der Waals surface area contributed by atoms with Crippen molar-refractivity contribution in [1.29, 1.82) is 5.26 Å². The van der Waals surface area contributed by atoms with Gasteiger partial charge >= 0.3 is 0 Å². The van der Waals surface area contributed by atoms with Gasteiger partial charge in [-0.15, -0.1) is 10.2 Å². The molecule has 0 N–H and O–H groups in total. The number of aryl methyl sites for hydroxylation is 1. The molecule has 0 radical (unpaired) electrons. The Morgan fingerprint density at radius 2 is 2.11 bits per heavy atom. The van der Waals surface area contributed by atoms with Crippen molar-refractivity contribution in [1.82, 2.24) is 10.2 Å². The van der Waals surface area contributed by atoms with Crippen molar-refractivity contribution in [2.75, 3.05) is 0 Å². The van der Waals surface area contributed by atoms with E-state index in [2.05, 4.69) is 16.3 Å². The molecule has 0 spiro atoms. The SMILES string of the molecule is Cc1ccc(OCc2nnc(SC(C)C#N)o2)cc1. The fourth-order valence-electron chi connectivity index (χ4n) is 1.30. The van der Waals surface area contributed by atoms with Gasteiger partial charge in [0.2, 0.25) is 0 Å². The van der Waals surface area contributed by atoms with Gasteiger partial charge in [0.05, 0.1) is 11.3 Å². The van der Waals surface area contributed by atoms with Crippen LogP contribution in [0.1, 0.15) is 18.4 Å². The van der Waals surface area contributed by atoms with Crippen LogP contribution < -0.4 is 4.74 Å². The fraction of sp³-hybridized carbons (Fsp3) is 0.308. The van der Waals surface area contributed by atoms with Crippen molar-refractivity contribution in [3.63, 3.8) is 0 Å². The predicted octanol–water partition coefficient (Wildman–Crippen LogP) is 2.96. The molecule has 1 aromatic carbocycles. The van der Waals surface area contributed by atoms with E-state index in [0.717, 1.165) is 5.75 Å². The number of ether oxygens (including phenoxy) is 1.